The molecule has 0 N–H and O–H groups in total. The zero-order chi connectivity index (χ0) is 11.1. The molecule has 0 atom stereocenters. The summed E-state index contributed by atoms with van der Waals surface area (Å²) >= 11 is 3.45. The van der Waals surface area contributed by atoms with Crippen LogP contribution in [-0.4, -0.2) is 110 Å². The molecular weight excluding hydrogens is 472 g/mol. The molecule has 2 aliphatic rings. The minimum atomic E-state index is 0.796. The van der Waals surface area contributed by atoms with Gasteiger partial charge in [0.2, 0.25) is 0 Å². The molecule has 0 aromatic heterocycles. The van der Waals surface area contributed by atoms with Gasteiger partial charge in [-0.15, -0.1) is 0 Å². The van der Waals surface area contributed by atoms with Crippen LogP contribution in [0.15, 0.2) is 0 Å². The van der Waals surface area contributed by atoms with Gasteiger partial charge in [-0.3, -0.25) is 0 Å². The third-order valence-electron chi connectivity index (χ3n) is 2.24. The van der Waals surface area contributed by atoms with Gasteiger partial charge in [-0.2, -0.15) is 0 Å². The van der Waals surface area contributed by atoms with Crippen molar-refractivity contribution < 1.29 is 9.47 Å². The molecule has 0 spiro atoms. The predicted molar refractivity (Wildman–Crippen MR) is 67.8 cm³/mol. The van der Waals surface area contributed by atoms with Gasteiger partial charge in [0.25, 0.3) is 0 Å². The Morgan fingerprint density at radius 1 is 0.625 bits per heavy atom. The van der Waals surface area contributed by atoms with Crippen molar-refractivity contribution in [1.29, 1.82) is 0 Å². The Morgan fingerprint density at radius 3 is 1.38 bits per heavy atom. The second kappa shape index (κ2) is 8.92. The second-order valence-electron chi connectivity index (χ2n) is 3.37. The van der Waals surface area contributed by atoms with Gasteiger partial charge in [-0.05, 0) is 0 Å². The molecule has 2 saturated heterocycles. The summed E-state index contributed by atoms with van der Waals surface area (Å²) in [5.41, 5.74) is 0. The van der Waals surface area contributed by atoms with E-state index in [0.29, 0.717) is 0 Å². The van der Waals surface area contributed by atoms with Crippen LogP contribution in [0.4, 0.5) is 0 Å². The predicted octanol–water partition coefficient (Wildman–Crippen LogP) is -1.96. The van der Waals surface area contributed by atoms with Gasteiger partial charge in [-0.1, -0.05) is 0 Å². The molecule has 16 heavy (non-hydrogen) atoms. The van der Waals surface area contributed by atoms with Crippen LogP contribution in [-0.2, 0) is 9.47 Å². The fraction of sp³-hybridized carbons (Fsp3) is 1.00. The summed E-state index contributed by atoms with van der Waals surface area (Å²) in [6.45, 7) is 8.56. The molecule has 4 nitrogen and oxygen atoms in total. The number of rotatable bonds is 5. The summed E-state index contributed by atoms with van der Waals surface area (Å²) in [6, 6.07) is 0. The molecule has 8 heteroatoms. The van der Waals surface area contributed by atoms with Gasteiger partial charge in [0.15, 0.2) is 0 Å². The van der Waals surface area contributed by atoms with E-state index in [4.69, 9.17) is 9.47 Å². The summed E-state index contributed by atoms with van der Waals surface area (Å²) in [7, 11) is 0. The molecule has 2 aliphatic heterocycles. The van der Waals surface area contributed by atoms with Gasteiger partial charge >= 0.3 is 119 Å². The third kappa shape index (κ3) is 5.71. The number of ether oxygens (including phenoxy) is 2. The first-order valence-electron chi connectivity index (χ1n) is 5.28. The quantitative estimate of drug-likeness (QED) is 0.332. The molecule has 0 bridgehead atoms. The molecule has 94 valence electrons. The number of hydrogen-bond acceptors (Lipinski definition) is 4. The summed E-state index contributed by atoms with van der Waals surface area (Å²) < 4.78 is 16.0. The van der Waals surface area contributed by atoms with E-state index in [-0.39, 0.29) is 0 Å². The Balaban J connectivity index is 1.47. The normalized spacial score (nSPS) is 24.8. The SMILES string of the molecule is C1CN([Se][Se][Se][Se]N2CCOCC2)CCO1. The van der Waals surface area contributed by atoms with Crippen molar-refractivity contribution in [3.8, 4) is 0 Å². The number of nitrogens with zero attached hydrogens (tertiary/aromatic N) is 2. The molecule has 0 aromatic carbocycles. The van der Waals surface area contributed by atoms with Crippen LogP contribution >= 0.6 is 0 Å². The Hall–Kier alpha value is 1.92. The number of morpholine rings is 2. The standard InChI is InChI=1S/C8H16N2O2Se4/c1-5-11-6-2-9(1)13-15-16-14-10-3-7-12-8-4-10/h1-8H2. The molecule has 0 aliphatic carbocycles. The van der Waals surface area contributed by atoms with E-state index in [0.717, 1.165) is 75.7 Å². The monoisotopic (exact) mass is 492 g/mol. The zero-order valence-corrected chi connectivity index (χ0v) is 15.9. The fourth-order valence-electron chi connectivity index (χ4n) is 1.35. The van der Waals surface area contributed by atoms with E-state index in [1.165, 1.54) is 26.2 Å². The third-order valence-corrected chi connectivity index (χ3v) is 38.0. The van der Waals surface area contributed by atoms with Crippen molar-refractivity contribution in [2.45, 2.75) is 0 Å². The van der Waals surface area contributed by atoms with Crippen molar-refractivity contribution in [2.24, 2.45) is 0 Å². The van der Waals surface area contributed by atoms with Crippen molar-refractivity contribution in [1.82, 2.24) is 7.83 Å². The van der Waals surface area contributed by atoms with Gasteiger partial charge in [0.05, 0.1) is 0 Å². The Labute approximate surface area is 118 Å². The van der Waals surface area contributed by atoms with E-state index in [9.17, 15) is 0 Å². The Bertz CT molecular complexity index is 169. The Kier molecular flexibility index (Phi) is 7.99. The van der Waals surface area contributed by atoms with Gasteiger partial charge in [0, 0.05) is 0 Å². The van der Waals surface area contributed by atoms with Crippen LogP contribution in [0.1, 0.15) is 0 Å². The van der Waals surface area contributed by atoms with Crippen LogP contribution < -0.4 is 0 Å². The average molecular weight is 488 g/mol. The average Bonchev–Trinajstić information content (AvgIpc) is 2.37. The van der Waals surface area contributed by atoms with Gasteiger partial charge in [-0.25, -0.2) is 0 Å². The van der Waals surface area contributed by atoms with Crippen molar-refractivity contribution in [2.75, 3.05) is 52.6 Å². The van der Waals surface area contributed by atoms with Crippen LogP contribution in [0.2, 0.25) is 0 Å². The second-order valence-corrected chi connectivity index (χ2v) is 28.4. The van der Waals surface area contributed by atoms with E-state index < -0.39 is 0 Å². The summed E-state index contributed by atoms with van der Waals surface area (Å²) in [5, 5.41) is 0. The summed E-state index contributed by atoms with van der Waals surface area (Å²) in [4.78, 5) is 0. The van der Waals surface area contributed by atoms with E-state index in [1.807, 2.05) is 0 Å². The molecule has 0 radical (unpaired) electrons. The van der Waals surface area contributed by atoms with Gasteiger partial charge < -0.3 is 0 Å². The molecule has 0 amide bonds. The van der Waals surface area contributed by atoms with E-state index in [2.05, 4.69) is 7.83 Å². The molecule has 2 rings (SSSR count). The van der Waals surface area contributed by atoms with Crippen molar-refractivity contribution >= 4 is 49.3 Å². The maximum atomic E-state index is 5.36. The fourth-order valence-corrected chi connectivity index (χ4v) is 35.9. The van der Waals surface area contributed by atoms with Crippen LogP contribution in [0.25, 0.3) is 0 Å². The first-order chi connectivity index (χ1) is 7.95. The van der Waals surface area contributed by atoms with Gasteiger partial charge in [0.1, 0.15) is 0 Å². The summed E-state index contributed by atoms with van der Waals surface area (Å²) in [5.74, 6) is 0. The van der Waals surface area contributed by atoms with E-state index >= 15 is 0 Å². The van der Waals surface area contributed by atoms with Crippen molar-refractivity contribution in [3.05, 3.63) is 0 Å². The Morgan fingerprint density at radius 2 is 1.00 bits per heavy atom. The zero-order valence-electron chi connectivity index (χ0n) is 9.00. The molecule has 0 saturated carbocycles. The minimum absolute atomic E-state index is 0.796. The molecular formula is C8H16N2O2Se4. The van der Waals surface area contributed by atoms with Crippen LogP contribution in [0.3, 0.4) is 0 Å². The van der Waals surface area contributed by atoms with E-state index in [1.54, 1.807) is 0 Å². The molecule has 2 heterocycles. The first-order valence-corrected chi connectivity index (χ1v) is 19.8. The van der Waals surface area contributed by atoms with Crippen molar-refractivity contribution in [3.63, 3.8) is 0 Å². The molecule has 2 fully saturated rings. The topological polar surface area (TPSA) is 24.9 Å². The van der Waals surface area contributed by atoms with Crippen LogP contribution in [0.5, 0.6) is 0 Å². The summed E-state index contributed by atoms with van der Waals surface area (Å²) in [6.07, 6.45) is 0. The van der Waals surface area contributed by atoms with Crippen LogP contribution in [0, 0.1) is 0 Å². The molecule has 0 aromatic rings. The number of hydrogen-bond donors (Lipinski definition) is 0. The maximum absolute atomic E-state index is 5.36. The molecule has 0 unspecified atom stereocenters. The first kappa shape index (κ1) is 14.3.